The Bertz CT molecular complexity index is 331. The fraction of sp³-hybridized carbons (Fsp3) is 0.556. The molecule has 0 saturated heterocycles. The molecule has 0 atom stereocenters. The Morgan fingerprint density at radius 1 is 1.71 bits per heavy atom. The molecule has 1 heterocycles. The van der Waals surface area contributed by atoms with E-state index >= 15 is 0 Å². The molecule has 0 bridgehead atoms. The molecule has 0 unspecified atom stereocenters. The Morgan fingerprint density at radius 3 is 3.14 bits per heavy atom. The molecule has 14 heavy (non-hydrogen) atoms. The van der Waals surface area contributed by atoms with Gasteiger partial charge in [-0.1, -0.05) is 0 Å². The van der Waals surface area contributed by atoms with Gasteiger partial charge in [0.1, 0.15) is 6.61 Å². The van der Waals surface area contributed by atoms with Crippen LogP contribution >= 0.6 is 0 Å². The van der Waals surface area contributed by atoms with Crippen molar-refractivity contribution >= 4 is 6.09 Å². The number of amides is 1. The van der Waals surface area contributed by atoms with Crippen LogP contribution in [0.2, 0.25) is 0 Å². The zero-order valence-electron chi connectivity index (χ0n) is 7.85. The van der Waals surface area contributed by atoms with E-state index < -0.39 is 6.09 Å². The molecular weight excluding hydrogens is 182 g/mol. The van der Waals surface area contributed by atoms with Crippen molar-refractivity contribution < 1.29 is 9.53 Å². The summed E-state index contributed by atoms with van der Waals surface area (Å²) in [6.07, 6.45) is 5.68. The molecule has 1 amide bonds. The monoisotopic (exact) mass is 195 g/mol. The number of primary amides is 1. The third-order valence-corrected chi connectivity index (χ3v) is 2.27. The number of nitrogens with zero attached hydrogens (tertiary/aromatic N) is 2. The zero-order chi connectivity index (χ0) is 9.97. The lowest BCUT2D eigenvalue weighted by Crippen LogP contribution is -2.16. The smallest absolute Gasteiger partial charge is 0.404 e. The number of nitrogens with two attached hydrogens (primary N) is 1. The summed E-state index contributed by atoms with van der Waals surface area (Å²) in [5, 5.41) is 4.16. The normalized spacial score (nSPS) is 15.4. The van der Waals surface area contributed by atoms with Crippen LogP contribution < -0.4 is 5.73 Å². The van der Waals surface area contributed by atoms with E-state index in [9.17, 15) is 4.79 Å². The molecule has 5 heteroatoms. The molecule has 5 nitrogen and oxygen atoms in total. The average Bonchev–Trinajstić information content (AvgIpc) is 2.87. The summed E-state index contributed by atoms with van der Waals surface area (Å²) in [6, 6.07) is 0. The molecule has 0 aliphatic heterocycles. The Kier molecular flexibility index (Phi) is 2.39. The van der Waals surface area contributed by atoms with Crippen LogP contribution in [0.25, 0.3) is 0 Å². The van der Waals surface area contributed by atoms with E-state index in [1.165, 1.54) is 18.4 Å². The van der Waals surface area contributed by atoms with Gasteiger partial charge < -0.3 is 10.5 Å². The summed E-state index contributed by atoms with van der Waals surface area (Å²) in [4.78, 5) is 10.3. The van der Waals surface area contributed by atoms with E-state index in [1.54, 1.807) is 4.68 Å². The van der Waals surface area contributed by atoms with Gasteiger partial charge in [-0.2, -0.15) is 5.10 Å². The largest absolute Gasteiger partial charge is 0.448 e. The molecule has 1 aliphatic rings. The molecule has 76 valence electrons. The fourth-order valence-corrected chi connectivity index (χ4v) is 1.37. The Balaban J connectivity index is 1.80. The van der Waals surface area contributed by atoms with Crippen molar-refractivity contribution in [2.45, 2.75) is 25.3 Å². The van der Waals surface area contributed by atoms with E-state index in [0.717, 1.165) is 0 Å². The highest BCUT2D eigenvalue weighted by atomic mass is 16.5. The number of rotatable bonds is 4. The van der Waals surface area contributed by atoms with Gasteiger partial charge in [0.2, 0.25) is 0 Å². The highest BCUT2D eigenvalue weighted by Crippen LogP contribution is 2.39. The molecule has 0 spiro atoms. The summed E-state index contributed by atoms with van der Waals surface area (Å²) in [5.74, 6) is 0.709. The van der Waals surface area contributed by atoms with Crippen molar-refractivity contribution in [3.8, 4) is 0 Å². The zero-order valence-corrected chi connectivity index (χ0v) is 7.85. The minimum Gasteiger partial charge on any atom is -0.448 e. The molecule has 1 aromatic rings. The van der Waals surface area contributed by atoms with Gasteiger partial charge in [-0.25, -0.2) is 4.79 Å². The van der Waals surface area contributed by atoms with Crippen molar-refractivity contribution in [2.75, 3.05) is 6.61 Å². The summed E-state index contributed by atoms with van der Waals surface area (Å²) in [5.41, 5.74) is 6.11. The lowest BCUT2D eigenvalue weighted by molar-refractivity contribution is 0.151. The number of hydrogen-bond acceptors (Lipinski definition) is 3. The van der Waals surface area contributed by atoms with Crippen LogP contribution in [0, 0.1) is 0 Å². The van der Waals surface area contributed by atoms with Crippen molar-refractivity contribution in [1.29, 1.82) is 0 Å². The topological polar surface area (TPSA) is 70.1 Å². The number of hydrogen-bond donors (Lipinski definition) is 1. The molecular formula is C9H13N3O2. The first-order valence-corrected chi connectivity index (χ1v) is 4.70. The minimum atomic E-state index is -0.737. The Hall–Kier alpha value is -1.52. The lowest BCUT2D eigenvalue weighted by Gasteiger charge is -2.00. The first kappa shape index (κ1) is 9.05. The summed E-state index contributed by atoms with van der Waals surface area (Å²) >= 11 is 0. The Labute approximate surface area is 81.8 Å². The van der Waals surface area contributed by atoms with Crippen molar-refractivity contribution in [3.63, 3.8) is 0 Å². The predicted molar refractivity (Wildman–Crippen MR) is 49.7 cm³/mol. The maximum absolute atomic E-state index is 10.3. The number of carbonyl (C=O) groups is 1. The van der Waals surface area contributed by atoms with Crippen LogP contribution in [0.5, 0.6) is 0 Å². The van der Waals surface area contributed by atoms with Gasteiger partial charge in [-0.15, -0.1) is 0 Å². The van der Waals surface area contributed by atoms with E-state index in [1.807, 2.05) is 12.4 Å². The van der Waals surface area contributed by atoms with Gasteiger partial charge in [0.05, 0.1) is 12.7 Å². The van der Waals surface area contributed by atoms with Crippen molar-refractivity contribution in [2.24, 2.45) is 5.73 Å². The van der Waals surface area contributed by atoms with E-state index in [-0.39, 0.29) is 6.61 Å². The van der Waals surface area contributed by atoms with Crippen molar-refractivity contribution in [1.82, 2.24) is 9.78 Å². The minimum absolute atomic E-state index is 0.279. The van der Waals surface area contributed by atoms with Crippen LogP contribution in [0.3, 0.4) is 0 Å². The second-order valence-corrected chi connectivity index (χ2v) is 3.48. The number of aromatic nitrogens is 2. The van der Waals surface area contributed by atoms with E-state index in [4.69, 9.17) is 5.73 Å². The van der Waals surface area contributed by atoms with Crippen LogP contribution in [-0.4, -0.2) is 22.5 Å². The van der Waals surface area contributed by atoms with Crippen LogP contribution in [0.4, 0.5) is 4.79 Å². The highest BCUT2D eigenvalue weighted by Gasteiger charge is 2.24. The molecule has 1 aromatic heterocycles. The summed E-state index contributed by atoms with van der Waals surface area (Å²) in [7, 11) is 0. The lowest BCUT2D eigenvalue weighted by atomic mass is 10.2. The molecule has 0 aromatic carbocycles. The third-order valence-electron chi connectivity index (χ3n) is 2.27. The highest BCUT2D eigenvalue weighted by molar-refractivity contribution is 5.64. The first-order chi connectivity index (χ1) is 6.75. The quantitative estimate of drug-likeness (QED) is 0.774. The number of carbonyl (C=O) groups excluding carboxylic acids is 1. The second-order valence-electron chi connectivity index (χ2n) is 3.48. The summed E-state index contributed by atoms with van der Waals surface area (Å²) < 4.78 is 6.38. The second kappa shape index (κ2) is 3.69. The SMILES string of the molecule is NC(=O)OCCn1cc(C2CC2)cn1. The average molecular weight is 195 g/mol. The molecule has 1 fully saturated rings. The Morgan fingerprint density at radius 2 is 2.50 bits per heavy atom. The van der Waals surface area contributed by atoms with Crippen molar-refractivity contribution in [3.05, 3.63) is 18.0 Å². The van der Waals surface area contributed by atoms with Gasteiger partial charge in [0, 0.05) is 6.20 Å². The number of ether oxygens (including phenoxy) is 1. The fourth-order valence-electron chi connectivity index (χ4n) is 1.37. The van der Waals surface area contributed by atoms with Gasteiger partial charge in [0.15, 0.2) is 0 Å². The molecule has 1 saturated carbocycles. The maximum atomic E-state index is 10.3. The van der Waals surface area contributed by atoms with Gasteiger partial charge in [0.25, 0.3) is 0 Å². The van der Waals surface area contributed by atoms with E-state index in [0.29, 0.717) is 12.5 Å². The molecule has 2 N–H and O–H groups in total. The van der Waals surface area contributed by atoms with Gasteiger partial charge in [-0.3, -0.25) is 4.68 Å². The van der Waals surface area contributed by atoms with Gasteiger partial charge >= 0.3 is 6.09 Å². The summed E-state index contributed by atoms with van der Waals surface area (Å²) in [6.45, 7) is 0.844. The van der Waals surface area contributed by atoms with Crippen LogP contribution in [-0.2, 0) is 11.3 Å². The molecule has 2 rings (SSSR count). The molecule has 1 aliphatic carbocycles. The third kappa shape index (κ3) is 2.25. The first-order valence-electron chi connectivity index (χ1n) is 4.70. The molecule has 0 radical (unpaired) electrons. The maximum Gasteiger partial charge on any atom is 0.404 e. The van der Waals surface area contributed by atoms with Gasteiger partial charge in [-0.05, 0) is 24.3 Å². The van der Waals surface area contributed by atoms with Crippen LogP contribution in [0.15, 0.2) is 12.4 Å². The standard InChI is InChI=1S/C9H13N3O2/c10-9(13)14-4-3-12-6-8(5-11-12)7-1-2-7/h5-7H,1-4H2,(H2,10,13). The van der Waals surface area contributed by atoms with Crippen LogP contribution in [0.1, 0.15) is 24.3 Å². The van der Waals surface area contributed by atoms with E-state index in [2.05, 4.69) is 9.84 Å². The predicted octanol–water partition coefficient (Wildman–Crippen LogP) is 0.856.